The Labute approximate surface area is 852 Å². The van der Waals surface area contributed by atoms with Crippen molar-refractivity contribution < 1.29 is 122 Å². The van der Waals surface area contributed by atoms with Crippen molar-refractivity contribution in [2.24, 2.45) is 0 Å². The SMILES string of the molecule is COC(=O)C1=C(C)N(C)C(=O)/C1=C\c1cccs1.COC(=O)C1=C(C)N(c2ccc(C(C)C)cc2)C(=O)/C1=C\c1ccco1.COC(=O)C1=C(C)N(c2ccc(F)cc2)C(=O)/C1=C\c1cccs1.COC(=O)C1=C(C)N(c2cccc(C(F)(F)F)c2)C(=O)/C1=C\c1cccs1.COC(=O)C1=C(C)N(c2ccccc2)/C(=C/c2cccs2)C1=O.COC(=O)C1=C(C)N(c2ccccc2F)C(=O)/C1=C\c1cccc(OC)c1O. The maximum absolute atomic E-state index is 14.3. The molecule has 0 saturated heterocycles. The largest absolute Gasteiger partial charge is 0.504 e. The maximum atomic E-state index is 14.3. The van der Waals surface area contributed by atoms with Crippen LogP contribution in [0.3, 0.4) is 0 Å². The minimum atomic E-state index is -4.54. The molecular weight excluding hydrogens is 1960 g/mol. The van der Waals surface area contributed by atoms with E-state index in [0.717, 1.165) is 47.1 Å². The highest BCUT2D eigenvalue weighted by Crippen LogP contribution is 2.45. The second-order valence-corrected chi connectivity index (χ2v) is 36.1. The van der Waals surface area contributed by atoms with Crippen LogP contribution in [0, 0.1) is 11.6 Å². The number of methoxy groups -OCH3 is 7. The van der Waals surface area contributed by atoms with Gasteiger partial charge in [0, 0.05) is 89.1 Å². The topological polar surface area (TPSA) is 322 Å². The van der Waals surface area contributed by atoms with Crippen LogP contribution in [0.1, 0.15) is 103 Å². The first-order valence-electron chi connectivity index (χ1n) is 44.2. The number of phenolic OH excluding ortho intramolecular Hbond substituents is 1. The van der Waals surface area contributed by atoms with E-state index in [2.05, 4.69) is 13.8 Å². The van der Waals surface area contributed by atoms with E-state index in [1.807, 2.05) is 113 Å². The number of hydrogen-bond donors (Lipinski definition) is 1. The van der Waals surface area contributed by atoms with Gasteiger partial charge in [0.05, 0.1) is 129 Å². The van der Waals surface area contributed by atoms with Crippen LogP contribution in [-0.2, 0) is 92.1 Å². The van der Waals surface area contributed by atoms with Crippen molar-refractivity contribution in [1.29, 1.82) is 0 Å². The molecular formula is C110H95F5N6O21S4. The summed E-state index contributed by atoms with van der Waals surface area (Å²) in [6.45, 7) is 14.2. The van der Waals surface area contributed by atoms with Crippen molar-refractivity contribution in [3.8, 4) is 11.5 Å². The Hall–Kier alpha value is -16.8. The molecule has 6 aromatic carbocycles. The summed E-state index contributed by atoms with van der Waals surface area (Å²) >= 11 is 5.88. The third-order valence-electron chi connectivity index (χ3n) is 23.1. The summed E-state index contributed by atoms with van der Waals surface area (Å²) in [5, 5.41) is 17.9. The Balaban J connectivity index is 0.000000157. The van der Waals surface area contributed by atoms with Crippen molar-refractivity contribution in [1.82, 2.24) is 4.90 Å². The Bertz CT molecular complexity index is 7300. The van der Waals surface area contributed by atoms with E-state index < -0.39 is 71.0 Å². The summed E-state index contributed by atoms with van der Waals surface area (Å²) in [6, 6.07) is 56.1. The van der Waals surface area contributed by atoms with Crippen LogP contribution in [0.5, 0.6) is 11.5 Å². The standard InChI is InChI=1S/C21H18FNO5.C21H21NO4.C19H14F3NO3S.C18H14FNO3S.C18H15NO3S.C13H13NO3S/c1-12-18(21(26)28-3)14(11-13-7-6-10-17(27-2)19(13)24)20(25)23(12)16-9-5-4-8-15(16)22;1-13(2)15-7-9-16(10-8-15)22-14(3)19(21(24)25-4)18(20(22)23)12-17-6-5-11-26-17;1-11-16(18(25)26-2)15(10-14-7-4-8-27-14)17(24)23(11)13-6-3-5-12(9-13)19(20,21)22;1-11-16(18(22)23-2)15(10-14-4-3-9-24-14)17(21)20(11)13-7-5-12(19)6-8-13;1-12-16(18(21)22-2)17(20)15(11-14-9-6-10-23-14)19(12)13-7-4-3-5-8-13;1-8-11(13(16)17-3)10(12(15)14(8)2)7-9-5-4-6-18-9/h4-11,24H,1-3H3;5-13H,1-4H3;3-10H,1-2H3;3-10H,1-2H3;3-11H,1-2H3;4-7H,1-3H3/b14-11-;18-12-;2*15-10-;15-11+;10-7-. The number of thiophene rings is 4. The summed E-state index contributed by atoms with van der Waals surface area (Å²) in [7, 11) is 10.6. The highest BCUT2D eigenvalue weighted by atomic mass is 32.1. The number of nitrogens with zero attached hydrogens (tertiary/aromatic N) is 6. The summed E-state index contributed by atoms with van der Waals surface area (Å²) in [5.41, 5.74) is 7.69. The van der Waals surface area contributed by atoms with E-state index in [0.29, 0.717) is 62.7 Å². The third kappa shape index (κ3) is 23.6. The van der Waals surface area contributed by atoms with E-state index in [9.17, 15) is 84.6 Å². The van der Waals surface area contributed by atoms with Crippen molar-refractivity contribution >= 4 is 181 Å². The monoisotopic (exact) mass is 2060 g/mol. The number of carbonyl (C=O) groups excluding carboxylic acids is 12. The lowest BCUT2D eigenvalue weighted by atomic mass is 10.0. The second kappa shape index (κ2) is 47.8. The fraction of sp³-hybridized carbons (Fsp3) is 0.164. The Morgan fingerprint density at radius 1 is 0.377 bits per heavy atom. The lowest BCUT2D eigenvalue weighted by Gasteiger charge is -2.21. The number of allylic oxidation sites excluding steroid dienone is 7. The number of phenols is 1. The van der Waals surface area contributed by atoms with E-state index in [1.54, 1.807) is 112 Å². The van der Waals surface area contributed by atoms with E-state index in [4.69, 9.17) is 37.6 Å². The molecule has 0 unspecified atom stereocenters. The van der Waals surface area contributed by atoms with Crippen LogP contribution in [0.25, 0.3) is 36.5 Å². The molecule has 146 heavy (non-hydrogen) atoms. The average molecular weight is 2060 g/mol. The molecule has 17 rings (SSSR count). The molecule has 0 spiro atoms. The van der Waals surface area contributed by atoms with Crippen LogP contribution >= 0.6 is 45.3 Å². The number of furan rings is 1. The molecule has 5 amide bonds. The first-order valence-corrected chi connectivity index (χ1v) is 47.8. The molecule has 0 bridgehead atoms. The zero-order chi connectivity index (χ0) is 106. The van der Waals surface area contributed by atoms with Crippen LogP contribution in [0.4, 0.5) is 50.4 Å². The van der Waals surface area contributed by atoms with Gasteiger partial charge in [-0.3, -0.25) is 48.4 Å². The molecule has 11 aromatic rings. The van der Waals surface area contributed by atoms with Gasteiger partial charge >= 0.3 is 42.0 Å². The number of aromatic hydroxyl groups is 1. The number of Topliss-reactive ketones (excluding diaryl/α,β-unsaturated/α-hetero) is 1. The number of para-hydroxylation sites is 3. The number of benzene rings is 6. The van der Waals surface area contributed by atoms with Gasteiger partial charge in [-0.1, -0.05) is 98.8 Å². The molecule has 6 aliphatic rings. The lowest BCUT2D eigenvalue weighted by molar-refractivity contribution is -0.138. The van der Waals surface area contributed by atoms with Gasteiger partial charge in [0.25, 0.3) is 29.5 Å². The first-order chi connectivity index (χ1) is 69.8. The van der Waals surface area contributed by atoms with Crippen molar-refractivity contribution in [2.75, 3.05) is 81.3 Å². The van der Waals surface area contributed by atoms with Crippen LogP contribution in [-0.4, -0.2) is 138 Å². The third-order valence-corrected chi connectivity index (χ3v) is 26.4. The maximum Gasteiger partial charge on any atom is 0.416 e. The molecule has 27 nitrogen and oxygen atoms in total. The van der Waals surface area contributed by atoms with Crippen molar-refractivity contribution in [2.45, 2.75) is 67.5 Å². The molecule has 5 aromatic heterocycles. The molecule has 0 aliphatic carbocycles. The molecule has 1 N–H and O–H groups in total. The van der Waals surface area contributed by atoms with Crippen LogP contribution < -0.4 is 29.2 Å². The van der Waals surface area contributed by atoms with E-state index in [1.165, 1.54) is 202 Å². The molecule has 0 saturated carbocycles. The number of ether oxygens (including phenoxy) is 7. The number of likely N-dealkylation sites (N-methyl/N-ethyl adjacent to an activating group) is 1. The Morgan fingerprint density at radius 3 is 1.18 bits per heavy atom. The van der Waals surface area contributed by atoms with Crippen molar-refractivity contribution in [3.05, 3.63) is 389 Å². The molecule has 750 valence electrons. The molecule has 0 radical (unpaired) electrons. The van der Waals surface area contributed by atoms with Crippen molar-refractivity contribution in [3.63, 3.8) is 0 Å². The summed E-state index contributed by atoms with van der Waals surface area (Å²) < 4.78 is 106. The number of hydrogen-bond acceptors (Lipinski definition) is 26. The molecule has 0 atom stereocenters. The van der Waals surface area contributed by atoms with Gasteiger partial charge in [0.2, 0.25) is 5.78 Å². The number of esters is 6. The average Bonchev–Trinajstić information content (AvgIpc) is 1.62. The highest BCUT2D eigenvalue weighted by molar-refractivity contribution is 7.11. The number of ketones is 1. The molecule has 0 fully saturated rings. The first kappa shape index (κ1) is 108. The summed E-state index contributed by atoms with van der Waals surface area (Å²) in [5.74, 6) is -6.05. The van der Waals surface area contributed by atoms with E-state index >= 15 is 0 Å². The predicted octanol–water partition coefficient (Wildman–Crippen LogP) is 21.8. The van der Waals surface area contributed by atoms with Gasteiger partial charge < -0.3 is 52.5 Å². The number of carbonyl (C=O) groups is 12. The van der Waals surface area contributed by atoms with E-state index in [-0.39, 0.29) is 113 Å². The Morgan fingerprint density at radius 2 is 0.753 bits per heavy atom. The van der Waals surface area contributed by atoms with Gasteiger partial charge in [-0.25, -0.2) is 37.5 Å². The van der Waals surface area contributed by atoms with Gasteiger partial charge in [0.15, 0.2) is 11.5 Å². The summed E-state index contributed by atoms with van der Waals surface area (Å²) in [4.78, 5) is 162. The van der Waals surface area contributed by atoms with Gasteiger partial charge in [-0.05, 0) is 232 Å². The van der Waals surface area contributed by atoms with Crippen LogP contribution in [0.15, 0.2) is 340 Å². The normalized spacial score (nSPS) is 16.3. The molecule has 6 aliphatic heterocycles. The van der Waals surface area contributed by atoms with Gasteiger partial charge in [-0.2, -0.15) is 13.2 Å². The van der Waals surface area contributed by atoms with Gasteiger partial charge in [-0.15, -0.1) is 45.3 Å². The minimum absolute atomic E-state index is 0.00188. The number of rotatable bonds is 19. The quantitative estimate of drug-likeness (QED) is 0.0258. The number of anilines is 5. The second-order valence-electron chi connectivity index (χ2n) is 32.2. The number of amides is 5. The molecule has 11 heterocycles. The summed E-state index contributed by atoms with van der Waals surface area (Å²) in [6.07, 6.45) is 6.64. The smallest absolute Gasteiger partial charge is 0.416 e. The fourth-order valence-corrected chi connectivity index (χ4v) is 18.5. The number of alkyl halides is 3. The fourth-order valence-electron chi connectivity index (χ4n) is 15.9. The van der Waals surface area contributed by atoms with Gasteiger partial charge in [0.1, 0.15) is 23.0 Å². The highest BCUT2D eigenvalue weighted by Gasteiger charge is 2.45. The molecule has 36 heteroatoms. The lowest BCUT2D eigenvalue weighted by Crippen LogP contribution is -2.25. The zero-order valence-electron chi connectivity index (χ0n) is 81.4. The Kier molecular flexibility index (Phi) is 35.4. The predicted molar refractivity (Wildman–Crippen MR) is 548 cm³/mol. The minimum Gasteiger partial charge on any atom is -0.504 e. The van der Waals surface area contributed by atoms with Crippen LogP contribution in [0.2, 0.25) is 0 Å². The zero-order valence-corrected chi connectivity index (χ0v) is 84.6. The number of halogens is 5.